The largest absolute Gasteiger partial charge is 0.384 e. The van der Waals surface area contributed by atoms with E-state index < -0.39 is 0 Å². The Hall–Kier alpha value is -2.41. The highest BCUT2D eigenvalue weighted by Gasteiger charge is 2.24. The molecule has 3 aromatic heterocycles. The third-order valence-corrected chi connectivity index (χ3v) is 6.11. The van der Waals surface area contributed by atoms with Crippen LogP contribution in [0.3, 0.4) is 0 Å². The molecule has 1 saturated carbocycles. The molecule has 1 amide bonds. The molecule has 0 atom stereocenters. The summed E-state index contributed by atoms with van der Waals surface area (Å²) in [7, 11) is 1.89. The minimum Gasteiger partial charge on any atom is -0.384 e. The van der Waals surface area contributed by atoms with E-state index in [2.05, 4.69) is 17.0 Å². The highest BCUT2D eigenvalue weighted by atomic mass is 32.1. The number of hydrogen-bond acceptors (Lipinski definition) is 5. The summed E-state index contributed by atoms with van der Waals surface area (Å²) in [5.74, 6) is 1.07. The van der Waals surface area contributed by atoms with Crippen LogP contribution in [0.25, 0.3) is 16.3 Å². The second kappa shape index (κ2) is 6.72. The van der Waals surface area contributed by atoms with Crippen molar-refractivity contribution in [2.45, 2.75) is 45.1 Å². The van der Waals surface area contributed by atoms with Gasteiger partial charge in [0.05, 0.1) is 4.88 Å². The molecule has 1 aliphatic rings. The molecule has 0 saturated heterocycles. The lowest BCUT2D eigenvalue weighted by molar-refractivity contribution is 0.0696. The van der Waals surface area contributed by atoms with Gasteiger partial charge >= 0.3 is 0 Å². The van der Waals surface area contributed by atoms with Crippen molar-refractivity contribution in [3.8, 4) is 10.7 Å². The molecule has 6 nitrogen and oxygen atoms in total. The van der Waals surface area contributed by atoms with Gasteiger partial charge in [-0.2, -0.15) is 4.52 Å². The summed E-state index contributed by atoms with van der Waals surface area (Å²) in [5, 5.41) is 4.50. The predicted molar refractivity (Wildman–Crippen MR) is 104 cm³/mol. The maximum absolute atomic E-state index is 12.9. The second-order valence-corrected chi connectivity index (χ2v) is 8.28. The molecule has 3 heterocycles. The quantitative estimate of drug-likeness (QED) is 0.763. The molecular weight excluding hydrogens is 346 g/mol. The van der Waals surface area contributed by atoms with Crippen molar-refractivity contribution in [2.75, 3.05) is 12.8 Å². The number of nitrogens with two attached hydrogens (primary N) is 1. The molecule has 136 valence electrons. The second-order valence-electron chi connectivity index (χ2n) is 6.99. The van der Waals surface area contributed by atoms with E-state index in [0.717, 1.165) is 17.7 Å². The first-order chi connectivity index (χ1) is 12.5. The number of nitrogens with zero attached hydrogens (tertiary/aromatic N) is 4. The van der Waals surface area contributed by atoms with Crippen LogP contribution in [-0.4, -0.2) is 38.5 Å². The van der Waals surface area contributed by atoms with Crippen molar-refractivity contribution in [3.05, 3.63) is 34.7 Å². The molecular formula is C19H23N5OS. The molecule has 0 unspecified atom stereocenters. The number of pyridine rings is 1. The first kappa shape index (κ1) is 17.0. The lowest BCUT2D eigenvalue weighted by atomic mass is 9.94. The number of aryl methyl sites for hydroxylation is 1. The fourth-order valence-electron chi connectivity index (χ4n) is 3.63. The van der Waals surface area contributed by atoms with Crippen molar-refractivity contribution in [3.63, 3.8) is 0 Å². The number of amides is 1. The van der Waals surface area contributed by atoms with E-state index in [4.69, 9.17) is 5.73 Å². The van der Waals surface area contributed by atoms with Crippen LogP contribution >= 0.6 is 11.3 Å². The number of aromatic nitrogens is 3. The van der Waals surface area contributed by atoms with Crippen molar-refractivity contribution < 1.29 is 4.79 Å². The van der Waals surface area contributed by atoms with Crippen molar-refractivity contribution in [2.24, 2.45) is 0 Å². The fourth-order valence-corrected chi connectivity index (χ4v) is 4.43. The fraction of sp³-hybridized carbons (Fsp3) is 0.421. The van der Waals surface area contributed by atoms with E-state index >= 15 is 0 Å². The van der Waals surface area contributed by atoms with Gasteiger partial charge in [0.1, 0.15) is 5.82 Å². The lowest BCUT2D eigenvalue weighted by Gasteiger charge is -2.31. The highest BCUT2D eigenvalue weighted by molar-refractivity contribution is 7.15. The zero-order valence-corrected chi connectivity index (χ0v) is 15.9. The molecule has 1 aliphatic carbocycles. The van der Waals surface area contributed by atoms with Crippen molar-refractivity contribution in [1.29, 1.82) is 0 Å². The number of hydrogen-bond donors (Lipinski definition) is 1. The summed E-state index contributed by atoms with van der Waals surface area (Å²) in [4.78, 5) is 21.6. The number of carbonyl (C=O) groups excluding carboxylic acids is 1. The SMILES string of the molecule is Cc1ccc(-c2nc3cc(C(=O)N(C)C4CCCCC4)cc(N)n3n2)s1. The van der Waals surface area contributed by atoms with Gasteiger partial charge in [0.15, 0.2) is 11.5 Å². The average molecular weight is 369 g/mol. The van der Waals surface area contributed by atoms with Gasteiger partial charge in [-0.25, -0.2) is 4.98 Å². The number of rotatable bonds is 3. The Bertz CT molecular complexity index is 954. The molecule has 1 fully saturated rings. The molecule has 3 aromatic rings. The molecule has 0 radical (unpaired) electrons. The van der Waals surface area contributed by atoms with Crippen LogP contribution in [0, 0.1) is 6.92 Å². The van der Waals surface area contributed by atoms with Crippen LogP contribution in [0.2, 0.25) is 0 Å². The minimum atomic E-state index is 0.00242. The van der Waals surface area contributed by atoms with Gasteiger partial charge < -0.3 is 10.6 Å². The van der Waals surface area contributed by atoms with Crippen LogP contribution in [0.5, 0.6) is 0 Å². The summed E-state index contributed by atoms with van der Waals surface area (Å²) in [6.07, 6.45) is 5.80. The van der Waals surface area contributed by atoms with E-state index in [9.17, 15) is 4.79 Å². The maximum Gasteiger partial charge on any atom is 0.254 e. The van der Waals surface area contributed by atoms with Gasteiger partial charge in [0.2, 0.25) is 0 Å². The van der Waals surface area contributed by atoms with E-state index in [1.807, 2.05) is 24.1 Å². The molecule has 2 N–H and O–H groups in total. The first-order valence-electron chi connectivity index (χ1n) is 9.03. The maximum atomic E-state index is 12.9. The van der Waals surface area contributed by atoms with Gasteiger partial charge in [0, 0.05) is 23.5 Å². The van der Waals surface area contributed by atoms with Crippen LogP contribution < -0.4 is 5.73 Å². The standard InChI is InChI=1S/C19H23N5OS/c1-12-8-9-15(26-12)18-21-17-11-13(10-16(20)24(17)22-18)19(25)23(2)14-6-4-3-5-7-14/h8-11,14H,3-7,20H2,1-2H3. The summed E-state index contributed by atoms with van der Waals surface area (Å²) in [5.41, 5.74) is 7.34. The highest BCUT2D eigenvalue weighted by Crippen LogP contribution is 2.27. The molecule has 4 rings (SSSR count). The summed E-state index contributed by atoms with van der Waals surface area (Å²) in [6.45, 7) is 2.05. The molecule has 0 aromatic carbocycles. The number of fused-ring (bicyclic) bond motifs is 1. The Labute approximate surface area is 156 Å². The van der Waals surface area contributed by atoms with Crippen LogP contribution in [0.15, 0.2) is 24.3 Å². The number of thiophene rings is 1. The average Bonchev–Trinajstić information content (AvgIpc) is 3.27. The van der Waals surface area contributed by atoms with Gasteiger partial charge in [-0.3, -0.25) is 4.79 Å². The van der Waals surface area contributed by atoms with Gasteiger partial charge in [0.25, 0.3) is 5.91 Å². The summed E-state index contributed by atoms with van der Waals surface area (Å²) in [6, 6.07) is 7.86. The van der Waals surface area contributed by atoms with Crippen molar-refractivity contribution >= 4 is 28.7 Å². The third-order valence-electron chi connectivity index (χ3n) is 5.12. The molecule has 0 aliphatic heterocycles. The minimum absolute atomic E-state index is 0.00242. The monoisotopic (exact) mass is 369 g/mol. The Kier molecular flexibility index (Phi) is 4.40. The van der Waals surface area contributed by atoms with Gasteiger partial charge in [-0.05, 0) is 44.0 Å². The Morgan fingerprint density at radius 2 is 2.04 bits per heavy atom. The van der Waals surface area contributed by atoms with Crippen LogP contribution in [-0.2, 0) is 0 Å². The van der Waals surface area contributed by atoms with E-state index in [-0.39, 0.29) is 5.91 Å². The van der Waals surface area contributed by atoms with Crippen molar-refractivity contribution in [1.82, 2.24) is 19.5 Å². The van der Waals surface area contributed by atoms with Crippen LogP contribution in [0.4, 0.5) is 5.82 Å². The zero-order valence-electron chi connectivity index (χ0n) is 15.1. The number of nitrogen functional groups attached to an aromatic ring is 1. The van der Waals surface area contributed by atoms with Gasteiger partial charge in [-0.15, -0.1) is 16.4 Å². The Morgan fingerprint density at radius 3 is 2.73 bits per heavy atom. The lowest BCUT2D eigenvalue weighted by Crippen LogP contribution is -2.38. The first-order valence-corrected chi connectivity index (χ1v) is 9.85. The normalized spacial score (nSPS) is 15.5. The molecule has 0 spiro atoms. The van der Waals surface area contributed by atoms with E-state index in [1.165, 1.54) is 24.1 Å². The third kappa shape index (κ3) is 3.07. The predicted octanol–water partition coefficient (Wildman–Crippen LogP) is 3.75. The summed E-state index contributed by atoms with van der Waals surface area (Å²) < 4.78 is 1.60. The Balaban J connectivity index is 1.66. The molecule has 7 heteroatoms. The number of anilines is 1. The van der Waals surface area contributed by atoms with E-state index in [1.54, 1.807) is 28.0 Å². The molecule has 0 bridgehead atoms. The Morgan fingerprint density at radius 1 is 1.27 bits per heavy atom. The topological polar surface area (TPSA) is 76.5 Å². The number of carbonyl (C=O) groups is 1. The zero-order chi connectivity index (χ0) is 18.3. The molecule has 26 heavy (non-hydrogen) atoms. The van der Waals surface area contributed by atoms with Crippen LogP contribution in [0.1, 0.15) is 47.3 Å². The van der Waals surface area contributed by atoms with Gasteiger partial charge in [-0.1, -0.05) is 19.3 Å². The smallest absolute Gasteiger partial charge is 0.254 e. The van der Waals surface area contributed by atoms with E-state index in [0.29, 0.717) is 28.9 Å². The summed E-state index contributed by atoms with van der Waals surface area (Å²) >= 11 is 1.64.